The molecule has 0 rings (SSSR count). The van der Waals surface area contributed by atoms with Gasteiger partial charge < -0.3 is 20.4 Å². The van der Waals surface area contributed by atoms with E-state index in [0.29, 0.717) is 12.8 Å². The zero-order valence-corrected chi connectivity index (χ0v) is 9.51. The Kier molecular flexibility index (Phi) is 6.95. The Balaban J connectivity index is 3.86. The second kappa shape index (κ2) is 7.70. The van der Waals surface area contributed by atoms with Crippen LogP contribution in [0.5, 0.6) is 0 Å². The molecule has 0 heterocycles. The van der Waals surface area contributed by atoms with E-state index < -0.39 is 12.1 Å². The van der Waals surface area contributed by atoms with Crippen LogP contribution in [0.15, 0.2) is 12.2 Å². The van der Waals surface area contributed by atoms with Gasteiger partial charge in [0.2, 0.25) is 5.91 Å². The van der Waals surface area contributed by atoms with Gasteiger partial charge in [-0.1, -0.05) is 6.08 Å². The Bertz CT molecular complexity index is 264. The zero-order chi connectivity index (χ0) is 12.6. The number of carbonyl (C=O) groups excluding carboxylic acids is 1. The number of carboxylic acid groups (broad SMARTS) is 1. The Morgan fingerprint density at radius 1 is 1.44 bits per heavy atom. The van der Waals surface area contributed by atoms with Crippen molar-refractivity contribution in [1.29, 1.82) is 0 Å². The van der Waals surface area contributed by atoms with Crippen molar-refractivity contribution >= 4 is 12.0 Å². The van der Waals surface area contributed by atoms with Crippen molar-refractivity contribution in [3.63, 3.8) is 0 Å². The van der Waals surface area contributed by atoms with Gasteiger partial charge in [-0.05, 0) is 18.9 Å². The Hall–Kier alpha value is -1.56. The average molecular weight is 230 g/mol. The van der Waals surface area contributed by atoms with Crippen LogP contribution in [0.25, 0.3) is 0 Å². The first-order chi connectivity index (χ1) is 7.47. The number of carbonyl (C=O) groups is 2. The first-order valence-corrected chi connectivity index (χ1v) is 4.95. The van der Waals surface area contributed by atoms with Gasteiger partial charge in [-0.2, -0.15) is 0 Å². The maximum Gasteiger partial charge on any atom is 0.404 e. The molecular weight excluding hydrogens is 212 g/mol. The third-order valence-electron chi connectivity index (χ3n) is 1.93. The number of hydrogen-bond acceptors (Lipinski definition) is 3. The summed E-state index contributed by atoms with van der Waals surface area (Å²) in [5, 5.41) is 19.5. The molecule has 0 radical (unpaired) electrons. The predicted molar refractivity (Wildman–Crippen MR) is 59.1 cm³/mol. The molecule has 1 atom stereocenters. The lowest BCUT2D eigenvalue weighted by Crippen LogP contribution is -2.36. The van der Waals surface area contributed by atoms with Crippen molar-refractivity contribution < 1.29 is 19.8 Å². The van der Waals surface area contributed by atoms with E-state index >= 15 is 0 Å². The first kappa shape index (κ1) is 14.4. The van der Waals surface area contributed by atoms with E-state index in [1.54, 1.807) is 20.2 Å². The van der Waals surface area contributed by atoms with Gasteiger partial charge in [0.05, 0.1) is 12.6 Å². The number of allylic oxidation sites excluding steroid dienone is 1. The molecular formula is C10H18N2O4. The summed E-state index contributed by atoms with van der Waals surface area (Å²) in [4.78, 5) is 22.9. The first-order valence-electron chi connectivity index (χ1n) is 4.95. The van der Waals surface area contributed by atoms with Crippen LogP contribution in [0.2, 0.25) is 0 Å². The molecule has 0 aliphatic carbocycles. The van der Waals surface area contributed by atoms with Crippen LogP contribution in [-0.4, -0.2) is 53.9 Å². The molecule has 2 amide bonds. The summed E-state index contributed by atoms with van der Waals surface area (Å²) >= 11 is 0. The van der Waals surface area contributed by atoms with Crippen LogP contribution in [0.3, 0.4) is 0 Å². The molecule has 0 aromatic carbocycles. The summed E-state index contributed by atoms with van der Waals surface area (Å²) in [5.41, 5.74) is 0. The van der Waals surface area contributed by atoms with Crippen LogP contribution in [0.4, 0.5) is 4.79 Å². The van der Waals surface area contributed by atoms with E-state index in [9.17, 15) is 9.59 Å². The number of nitrogens with zero attached hydrogens (tertiary/aromatic N) is 1. The number of amides is 2. The van der Waals surface area contributed by atoms with Crippen molar-refractivity contribution in [3.8, 4) is 0 Å². The average Bonchev–Trinajstić information content (AvgIpc) is 2.21. The summed E-state index contributed by atoms with van der Waals surface area (Å²) in [6.45, 7) is -0.248. The van der Waals surface area contributed by atoms with E-state index in [0.717, 1.165) is 0 Å². The molecule has 0 aromatic rings. The van der Waals surface area contributed by atoms with Gasteiger partial charge in [-0.3, -0.25) is 4.79 Å². The Labute approximate surface area is 94.6 Å². The molecule has 0 saturated heterocycles. The van der Waals surface area contributed by atoms with Gasteiger partial charge in [0.1, 0.15) is 0 Å². The molecule has 0 fully saturated rings. The fraction of sp³-hybridized carbons (Fsp3) is 0.600. The lowest BCUT2D eigenvalue weighted by Gasteiger charge is -2.12. The molecule has 0 saturated carbocycles. The van der Waals surface area contributed by atoms with E-state index in [2.05, 4.69) is 5.32 Å². The minimum absolute atomic E-state index is 0.119. The van der Waals surface area contributed by atoms with Gasteiger partial charge in [-0.25, -0.2) is 4.79 Å². The number of likely N-dealkylation sites (N-methyl/N-ethyl adjacent to an activating group) is 1. The Morgan fingerprint density at radius 3 is 2.50 bits per heavy atom. The maximum atomic E-state index is 11.1. The summed E-state index contributed by atoms with van der Waals surface area (Å²) in [6, 6.07) is -0.489. The van der Waals surface area contributed by atoms with Crippen LogP contribution < -0.4 is 5.32 Å². The van der Waals surface area contributed by atoms with E-state index in [-0.39, 0.29) is 12.5 Å². The highest BCUT2D eigenvalue weighted by Gasteiger charge is 2.08. The monoisotopic (exact) mass is 230 g/mol. The third kappa shape index (κ3) is 6.83. The van der Waals surface area contributed by atoms with Gasteiger partial charge in [0, 0.05) is 14.1 Å². The molecule has 6 nitrogen and oxygen atoms in total. The van der Waals surface area contributed by atoms with Crippen molar-refractivity contribution in [3.05, 3.63) is 12.2 Å². The zero-order valence-electron chi connectivity index (χ0n) is 9.51. The van der Waals surface area contributed by atoms with Crippen LogP contribution in [0.1, 0.15) is 12.8 Å². The fourth-order valence-corrected chi connectivity index (χ4v) is 1.01. The lowest BCUT2D eigenvalue weighted by atomic mass is 10.1. The molecule has 1 unspecified atom stereocenters. The van der Waals surface area contributed by atoms with Crippen molar-refractivity contribution in [2.24, 2.45) is 0 Å². The molecule has 0 aromatic heterocycles. The molecule has 6 heteroatoms. The number of hydrogen-bond donors (Lipinski definition) is 3. The van der Waals surface area contributed by atoms with Crippen molar-refractivity contribution in [2.45, 2.75) is 18.9 Å². The predicted octanol–water partition coefficient (Wildman–Crippen LogP) is 0.0395. The number of rotatable bonds is 6. The van der Waals surface area contributed by atoms with E-state index in [1.165, 1.54) is 11.0 Å². The molecule has 0 bridgehead atoms. The van der Waals surface area contributed by atoms with Crippen molar-refractivity contribution in [2.75, 3.05) is 20.7 Å². The van der Waals surface area contributed by atoms with Crippen LogP contribution in [-0.2, 0) is 4.79 Å². The summed E-state index contributed by atoms with van der Waals surface area (Å²) < 4.78 is 0. The number of aliphatic hydroxyl groups is 1. The van der Waals surface area contributed by atoms with Gasteiger partial charge in [0.25, 0.3) is 0 Å². The van der Waals surface area contributed by atoms with Gasteiger partial charge >= 0.3 is 6.09 Å². The molecule has 16 heavy (non-hydrogen) atoms. The Morgan fingerprint density at radius 2 is 2.06 bits per heavy atom. The van der Waals surface area contributed by atoms with Crippen LogP contribution >= 0.6 is 0 Å². The number of nitrogens with one attached hydrogen (secondary N) is 1. The quantitative estimate of drug-likeness (QED) is 0.562. The highest BCUT2D eigenvalue weighted by atomic mass is 16.4. The van der Waals surface area contributed by atoms with E-state index in [4.69, 9.17) is 10.2 Å². The third-order valence-corrected chi connectivity index (χ3v) is 1.93. The number of aliphatic hydroxyl groups excluding tert-OH is 1. The van der Waals surface area contributed by atoms with E-state index in [1.807, 2.05) is 0 Å². The second-order valence-electron chi connectivity index (χ2n) is 3.54. The molecule has 0 aliphatic heterocycles. The second-order valence-corrected chi connectivity index (χ2v) is 3.54. The molecule has 0 spiro atoms. The molecule has 3 N–H and O–H groups in total. The van der Waals surface area contributed by atoms with Gasteiger partial charge in [-0.15, -0.1) is 0 Å². The summed E-state index contributed by atoms with van der Waals surface area (Å²) in [7, 11) is 3.30. The SMILES string of the molecule is CN(C)C(=O)/C=C/CCC(CO)NC(=O)O. The smallest absolute Gasteiger partial charge is 0.404 e. The fourth-order valence-electron chi connectivity index (χ4n) is 1.01. The standard InChI is InChI=1S/C10H18N2O4/c1-12(2)9(14)6-4-3-5-8(7-13)11-10(15)16/h4,6,8,11,13H,3,5,7H2,1-2H3,(H,15,16)/b6-4+. The summed E-state index contributed by atoms with van der Waals surface area (Å²) in [6.07, 6.45) is 2.92. The lowest BCUT2D eigenvalue weighted by molar-refractivity contribution is -0.123. The van der Waals surface area contributed by atoms with Crippen LogP contribution in [0, 0.1) is 0 Å². The topological polar surface area (TPSA) is 89.9 Å². The minimum Gasteiger partial charge on any atom is -0.465 e. The van der Waals surface area contributed by atoms with Crippen molar-refractivity contribution in [1.82, 2.24) is 10.2 Å². The highest BCUT2D eigenvalue weighted by molar-refractivity contribution is 5.87. The maximum absolute atomic E-state index is 11.1. The minimum atomic E-state index is -1.16. The highest BCUT2D eigenvalue weighted by Crippen LogP contribution is 1.98. The molecule has 0 aliphatic rings. The largest absolute Gasteiger partial charge is 0.465 e. The normalized spacial score (nSPS) is 12.4. The summed E-state index contributed by atoms with van der Waals surface area (Å²) in [5.74, 6) is -0.119. The molecule has 92 valence electrons. The van der Waals surface area contributed by atoms with Gasteiger partial charge in [0.15, 0.2) is 0 Å².